The van der Waals surface area contributed by atoms with Crippen LogP contribution in [-0.2, 0) is 4.79 Å². The predicted octanol–water partition coefficient (Wildman–Crippen LogP) is 1.25. The Kier molecular flexibility index (Phi) is 2.63. The van der Waals surface area contributed by atoms with Crippen LogP contribution in [0.15, 0.2) is 18.2 Å². The van der Waals surface area contributed by atoms with Crippen LogP contribution < -0.4 is 0 Å². The fraction of sp³-hybridized carbons (Fsp3) is 0.222. The first-order valence-electron chi connectivity index (χ1n) is 3.69. The van der Waals surface area contributed by atoms with Gasteiger partial charge in [0.05, 0.1) is 0 Å². The van der Waals surface area contributed by atoms with Gasteiger partial charge < -0.3 is 10.2 Å². The molecule has 1 atom stereocenters. The summed E-state index contributed by atoms with van der Waals surface area (Å²) in [5.74, 6) is -1.78. The summed E-state index contributed by atoms with van der Waals surface area (Å²) in [6.07, 6.45) is -1.58. The zero-order valence-electron chi connectivity index (χ0n) is 6.99. The second kappa shape index (κ2) is 3.53. The molecule has 0 bridgehead atoms. The highest BCUT2D eigenvalue weighted by Gasteiger charge is 2.17. The van der Waals surface area contributed by atoms with E-state index in [1.54, 1.807) is 6.92 Å². The summed E-state index contributed by atoms with van der Waals surface area (Å²) in [5, 5.41) is 17.6. The number of carboxylic acid groups (broad SMARTS) is 1. The Morgan fingerprint density at radius 2 is 2.15 bits per heavy atom. The number of carboxylic acids is 1. The van der Waals surface area contributed by atoms with Crippen LogP contribution in [0.25, 0.3) is 0 Å². The molecule has 0 aromatic heterocycles. The quantitative estimate of drug-likeness (QED) is 0.727. The van der Waals surface area contributed by atoms with E-state index in [4.69, 9.17) is 10.2 Å². The van der Waals surface area contributed by atoms with Crippen molar-refractivity contribution in [1.29, 1.82) is 0 Å². The molecule has 0 spiro atoms. The topological polar surface area (TPSA) is 57.5 Å². The van der Waals surface area contributed by atoms with Crippen molar-refractivity contribution in [2.24, 2.45) is 0 Å². The number of benzene rings is 1. The van der Waals surface area contributed by atoms with Crippen molar-refractivity contribution >= 4 is 5.97 Å². The van der Waals surface area contributed by atoms with E-state index in [0.717, 1.165) is 6.07 Å². The summed E-state index contributed by atoms with van der Waals surface area (Å²) in [7, 11) is 0. The fourth-order valence-electron chi connectivity index (χ4n) is 1.08. The molecule has 1 rings (SSSR count). The molecule has 0 radical (unpaired) electrons. The lowest BCUT2D eigenvalue weighted by Crippen LogP contribution is -2.11. The molecule has 0 fully saturated rings. The van der Waals surface area contributed by atoms with Gasteiger partial charge in [-0.3, -0.25) is 0 Å². The predicted molar refractivity (Wildman–Crippen MR) is 43.7 cm³/mol. The Morgan fingerprint density at radius 3 is 2.62 bits per heavy atom. The highest BCUT2D eigenvalue weighted by atomic mass is 19.1. The Bertz CT molecular complexity index is 336. The summed E-state index contributed by atoms with van der Waals surface area (Å²) < 4.78 is 12.6. The third kappa shape index (κ3) is 2.03. The van der Waals surface area contributed by atoms with Crippen molar-refractivity contribution in [2.45, 2.75) is 13.0 Å². The second-order valence-corrected chi connectivity index (χ2v) is 2.74. The van der Waals surface area contributed by atoms with Gasteiger partial charge in [-0.2, -0.15) is 0 Å². The highest BCUT2D eigenvalue weighted by molar-refractivity contribution is 5.74. The van der Waals surface area contributed by atoms with E-state index in [0.29, 0.717) is 5.56 Å². The summed E-state index contributed by atoms with van der Waals surface area (Å²) in [6, 6.07) is 3.57. The summed E-state index contributed by atoms with van der Waals surface area (Å²) >= 11 is 0. The van der Waals surface area contributed by atoms with Gasteiger partial charge in [0.25, 0.3) is 0 Å². The lowest BCUT2D eigenvalue weighted by molar-refractivity contribution is -0.147. The van der Waals surface area contributed by atoms with Crippen molar-refractivity contribution in [3.8, 4) is 0 Å². The summed E-state index contributed by atoms with van der Waals surface area (Å²) in [6.45, 7) is 1.55. The molecular weight excluding hydrogens is 175 g/mol. The van der Waals surface area contributed by atoms with E-state index in [1.165, 1.54) is 12.1 Å². The van der Waals surface area contributed by atoms with Crippen molar-refractivity contribution in [3.05, 3.63) is 35.1 Å². The molecule has 70 valence electrons. The van der Waals surface area contributed by atoms with Crippen LogP contribution in [0.3, 0.4) is 0 Å². The first-order valence-corrected chi connectivity index (χ1v) is 3.69. The Hall–Kier alpha value is -1.42. The molecular formula is C9H9FO3. The van der Waals surface area contributed by atoms with Gasteiger partial charge in [0.15, 0.2) is 6.10 Å². The SMILES string of the molecule is Cc1cc(F)ccc1[C@H](O)C(=O)O. The Balaban J connectivity index is 3.08. The average molecular weight is 184 g/mol. The zero-order valence-corrected chi connectivity index (χ0v) is 6.99. The van der Waals surface area contributed by atoms with Crippen LogP contribution in [0.4, 0.5) is 4.39 Å². The smallest absolute Gasteiger partial charge is 0.337 e. The van der Waals surface area contributed by atoms with Gasteiger partial charge in [0, 0.05) is 0 Å². The molecule has 0 heterocycles. The molecule has 0 saturated carbocycles. The minimum Gasteiger partial charge on any atom is -0.479 e. The molecule has 0 saturated heterocycles. The number of aliphatic carboxylic acids is 1. The number of rotatable bonds is 2. The molecule has 0 aliphatic rings. The van der Waals surface area contributed by atoms with Gasteiger partial charge in [-0.05, 0) is 30.2 Å². The van der Waals surface area contributed by atoms with Crippen molar-refractivity contribution in [1.82, 2.24) is 0 Å². The minimum atomic E-state index is -1.58. The maximum absolute atomic E-state index is 12.6. The third-order valence-electron chi connectivity index (χ3n) is 1.76. The Labute approximate surface area is 74.4 Å². The largest absolute Gasteiger partial charge is 0.479 e. The van der Waals surface area contributed by atoms with Crippen LogP contribution in [0, 0.1) is 12.7 Å². The molecule has 13 heavy (non-hydrogen) atoms. The van der Waals surface area contributed by atoms with E-state index in [-0.39, 0.29) is 5.56 Å². The zero-order chi connectivity index (χ0) is 10.0. The van der Waals surface area contributed by atoms with Crippen LogP contribution >= 0.6 is 0 Å². The number of hydrogen-bond donors (Lipinski definition) is 2. The van der Waals surface area contributed by atoms with E-state index in [9.17, 15) is 9.18 Å². The molecule has 0 aliphatic heterocycles. The van der Waals surface area contributed by atoms with Crippen LogP contribution in [-0.4, -0.2) is 16.2 Å². The Morgan fingerprint density at radius 1 is 1.54 bits per heavy atom. The van der Waals surface area contributed by atoms with Gasteiger partial charge in [0.2, 0.25) is 0 Å². The molecule has 4 heteroatoms. The molecule has 0 aliphatic carbocycles. The molecule has 1 aromatic carbocycles. The summed E-state index contributed by atoms with van der Waals surface area (Å²) in [5.41, 5.74) is 0.642. The monoisotopic (exact) mass is 184 g/mol. The van der Waals surface area contributed by atoms with E-state index < -0.39 is 17.9 Å². The van der Waals surface area contributed by atoms with Crippen molar-refractivity contribution in [2.75, 3.05) is 0 Å². The van der Waals surface area contributed by atoms with Crippen LogP contribution in [0.2, 0.25) is 0 Å². The average Bonchev–Trinajstić information content (AvgIpc) is 2.03. The molecule has 0 amide bonds. The van der Waals surface area contributed by atoms with Gasteiger partial charge in [0.1, 0.15) is 5.82 Å². The van der Waals surface area contributed by atoms with E-state index >= 15 is 0 Å². The van der Waals surface area contributed by atoms with Crippen molar-refractivity contribution < 1.29 is 19.4 Å². The van der Waals surface area contributed by atoms with Crippen LogP contribution in [0.1, 0.15) is 17.2 Å². The molecule has 0 unspecified atom stereocenters. The fourth-order valence-corrected chi connectivity index (χ4v) is 1.08. The van der Waals surface area contributed by atoms with Gasteiger partial charge in [-0.15, -0.1) is 0 Å². The van der Waals surface area contributed by atoms with Gasteiger partial charge >= 0.3 is 5.97 Å². The maximum Gasteiger partial charge on any atom is 0.337 e. The first-order chi connectivity index (χ1) is 6.02. The van der Waals surface area contributed by atoms with Gasteiger partial charge in [-0.1, -0.05) is 6.07 Å². The first kappa shape index (κ1) is 9.67. The number of aliphatic hydroxyl groups excluding tert-OH is 1. The standard InChI is InChI=1S/C9H9FO3/c1-5-4-6(10)2-3-7(5)8(11)9(12)13/h2-4,8,11H,1H3,(H,12,13)/t8-/m0/s1. The lowest BCUT2D eigenvalue weighted by atomic mass is 10.0. The number of aliphatic hydroxyl groups is 1. The third-order valence-corrected chi connectivity index (χ3v) is 1.76. The lowest BCUT2D eigenvalue weighted by Gasteiger charge is -2.08. The highest BCUT2D eigenvalue weighted by Crippen LogP contribution is 2.18. The maximum atomic E-state index is 12.6. The minimum absolute atomic E-state index is 0.217. The van der Waals surface area contributed by atoms with Crippen molar-refractivity contribution in [3.63, 3.8) is 0 Å². The molecule has 3 nitrogen and oxygen atoms in total. The molecule has 2 N–H and O–H groups in total. The van der Waals surface area contributed by atoms with Gasteiger partial charge in [-0.25, -0.2) is 9.18 Å². The number of aryl methyl sites for hydroxylation is 1. The van der Waals surface area contributed by atoms with Crippen LogP contribution in [0.5, 0.6) is 0 Å². The number of hydrogen-bond acceptors (Lipinski definition) is 2. The normalized spacial score (nSPS) is 12.5. The number of carbonyl (C=O) groups is 1. The second-order valence-electron chi connectivity index (χ2n) is 2.74. The summed E-state index contributed by atoms with van der Waals surface area (Å²) in [4.78, 5) is 10.4. The molecule has 1 aromatic rings. The van der Waals surface area contributed by atoms with E-state index in [2.05, 4.69) is 0 Å². The van der Waals surface area contributed by atoms with E-state index in [1.807, 2.05) is 0 Å². The number of halogens is 1.